The standard InChI is InChI=1S/C13H20N2O3/c1-4-5-12(9-18-3)14-11-7-6-10(2)13(8-11)15(16)17/h6-8,12,14H,4-5,9H2,1-3H3. The minimum Gasteiger partial charge on any atom is -0.383 e. The van der Waals surface area contributed by atoms with Gasteiger partial charge in [-0.3, -0.25) is 10.1 Å². The number of nitro benzene ring substituents is 1. The lowest BCUT2D eigenvalue weighted by Gasteiger charge is -2.18. The molecule has 1 aromatic carbocycles. The van der Waals surface area contributed by atoms with E-state index < -0.39 is 0 Å². The highest BCUT2D eigenvalue weighted by molar-refractivity contribution is 5.55. The molecule has 100 valence electrons. The first-order valence-electron chi connectivity index (χ1n) is 6.09. The number of hydrogen-bond acceptors (Lipinski definition) is 4. The Bertz CT molecular complexity index is 401. The maximum atomic E-state index is 10.9. The lowest BCUT2D eigenvalue weighted by Crippen LogP contribution is -2.24. The Morgan fingerprint density at radius 3 is 2.78 bits per heavy atom. The van der Waals surface area contributed by atoms with Crippen molar-refractivity contribution in [3.63, 3.8) is 0 Å². The van der Waals surface area contributed by atoms with Gasteiger partial charge in [-0.2, -0.15) is 0 Å². The highest BCUT2D eigenvalue weighted by Gasteiger charge is 2.13. The number of nitro groups is 1. The van der Waals surface area contributed by atoms with Crippen molar-refractivity contribution in [1.82, 2.24) is 0 Å². The van der Waals surface area contributed by atoms with Crippen molar-refractivity contribution >= 4 is 11.4 Å². The van der Waals surface area contributed by atoms with Gasteiger partial charge in [0.15, 0.2) is 0 Å². The first kappa shape index (κ1) is 14.4. The number of anilines is 1. The monoisotopic (exact) mass is 252 g/mol. The van der Waals surface area contributed by atoms with Crippen LogP contribution in [-0.2, 0) is 4.74 Å². The van der Waals surface area contributed by atoms with Crippen LogP contribution in [0, 0.1) is 17.0 Å². The predicted octanol–water partition coefficient (Wildman–Crippen LogP) is 3.13. The minimum atomic E-state index is -0.355. The Hall–Kier alpha value is -1.62. The predicted molar refractivity (Wildman–Crippen MR) is 72.0 cm³/mol. The normalized spacial score (nSPS) is 12.2. The van der Waals surface area contributed by atoms with Crippen LogP contribution < -0.4 is 5.32 Å². The van der Waals surface area contributed by atoms with Crippen LogP contribution in [0.15, 0.2) is 18.2 Å². The molecule has 0 bridgehead atoms. The molecule has 0 aliphatic carbocycles. The highest BCUT2D eigenvalue weighted by atomic mass is 16.6. The molecule has 1 rings (SSSR count). The van der Waals surface area contributed by atoms with Crippen molar-refractivity contribution in [2.45, 2.75) is 32.7 Å². The molecule has 1 unspecified atom stereocenters. The van der Waals surface area contributed by atoms with E-state index in [0.29, 0.717) is 12.2 Å². The molecule has 18 heavy (non-hydrogen) atoms. The van der Waals surface area contributed by atoms with Gasteiger partial charge in [0, 0.05) is 30.5 Å². The third-order valence-corrected chi connectivity index (χ3v) is 2.78. The fourth-order valence-electron chi connectivity index (χ4n) is 1.88. The zero-order chi connectivity index (χ0) is 13.5. The number of nitrogens with one attached hydrogen (secondary N) is 1. The molecule has 5 heteroatoms. The third-order valence-electron chi connectivity index (χ3n) is 2.78. The number of nitrogens with zero attached hydrogens (tertiary/aromatic N) is 1. The van der Waals surface area contributed by atoms with Gasteiger partial charge in [0.1, 0.15) is 0 Å². The number of rotatable bonds is 7. The average molecular weight is 252 g/mol. The van der Waals surface area contributed by atoms with Crippen LogP contribution in [0.3, 0.4) is 0 Å². The van der Waals surface area contributed by atoms with Crippen molar-refractivity contribution < 1.29 is 9.66 Å². The van der Waals surface area contributed by atoms with Gasteiger partial charge in [0.2, 0.25) is 0 Å². The summed E-state index contributed by atoms with van der Waals surface area (Å²) in [4.78, 5) is 10.5. The minimum absolute atomic E-state index is 0.146. The van der Waals surface area contributed by atoms with Gasteiger partial charge in [-0.15, -0.1) is 0 Å². The summed E-state index contributed by atoms with van der Waals surface area (Å²) in [6.07, 6.45) is 2.00. The van der Waals surface area contributed by atoms with E-state index >= 15 is 0 Å². The van der Waals surface area contributed by atoms with Gasteiger partial charge in [-0.25, -0.2) is 0 Å². The second-order valence-electron chi connectivity index (χ2n) is 4.34. The molecule has 0 fully saturated rings. The van der Waals surface area contributed by atoms with Gasteiger partial charge >= 0.3 is 0 Å². The fraction of sp³-hybridized carbons (Fsp3) is 0.538. The number of hydrogen-bond donors (Lipinski definition) is 1. The van der Waals surface area contributed by atoms with Gasteiger partial charge < -0.3 is 10.1 Å². The lowest BCUT2D eigenvalue weighted by atomic mass is 10.1. The SMILES string of the molecule is CCCC(COC)Nc1ccc(C)c([N+](=O)[O-])c1. The second-order valence-corrected chi connectivity index (χ2v) is 4.34. The van der Waals surface area contributed by atoms with Crippen molar-refractivity contribution in [2.24, 2.45) is 0 Å². The van der Waals surface area contributed by atoms with Crippen LogP contribution in [0.25, 0.3) is 0 Å². The molecule has 1 N–H and O–H groups in total. The van der Waals surface area contributed by atoms with E-state index in [1.165, 1.54) is 0 Å². The smallest absolute Gasteiger partial charge is 0.274 e. The van der Waals surface area contributed by atoms with Crippen molar-refractivity contribution in [1.29, 1.82) is 0 Å². The molecule has 0 aliphatic heterocycles. The molecule has 0 aromatic heterocycles. The summed E-state index contributed by atoms with van der Waals surface area (Å²) in [5.74, 6) is 0. The van der Waals surface area contributed by atoms with Crippen LogP contribution in [0.2, 0.25) is 0 Å². The van der Waals surface area contributed by atoms with Crippen molar-refractivity contribution in [3.05, 3.63) is 33.9 Å². The first-order valence-corrected chi connectivity index (χ1v) is 6.09. The quantitative estimate of drug-likeness (QED) is 0.598. The van der Waals surface area contributed by atoms with Crippen LogP contribution in [0.5, 0.6) is 0 Å². The fourth-order valence-corrected chi connectivity index (χ4v) is 1.88. The van der Waals surface area contributed by atoms with E-state index in [2.05, 4.69) is 12.2 Å². The molecule has 0 aliphatic rings. The Morgan fingerprint density at radius 2 is 2.22 bits per heavy atom. The van der Waals surface area contributed by atoms with E-state index in [1.807, 2.05) is 6.07 Å². The Kier molecular flexibility index (Phi) is 5.58. The maximum Gasteiger partial charge on any atom is 0.274 e. The molecule has 1 aromatic rings. The molecule has 0 spiro atoms. The van der Waals surface area contributed by atoms with E-state index in [-0.39, 0.29) is 16.7 Å². The van der Waals surface area contributed by atoms with Crippen molar-refractivity contribution in [3.8, 4) is 0 Å². The van der Waals surface area contributed by atoms with Crippen LogP contribution >= 0.6 is 0 Å². The van der Waals surface area contributed by atoms with E-state index in [9.17, 15) is 10.1 Å². The first-order chi connectivity index (χ1) is 8.58. The average Bonchev–Trinajstić information content (AvgIpc) is 2.32. The van der Waals surface area contributed by atoms with Crippen molar-refractivity contribution in [2.75, 3.05) is 19.0 Å². The summed E-state index contributed by atoms with van der Waals surface area (Å²) in [6, 6.07) is 5.38. The summed E-state index contributed by atoms with van der Waals surface area (Å²) < 4.78 is 5.13. The van der Waals surface area contributed by atoms with Crippen LogP contribution in [0.1, 0.15) is 25.3 Å². The van der Waals surface area contributed by atoms with Crippen LogP contribution in [0.4, 0.5) is 11.4 Å². The second kappa shape index (κ2) is 6.96. The number of benzene rings is 1. The van der Waals surface area contributed by atoms with Gasteiger partial charge in [-0.1, -0.05) is 19.4 Å². The molecule has 0 saturated heterocycles. The van der Waals surface area contributed by atoms with Crippen LogP contribution in [-0.4, -0.2) is 24.7 Å². The Morgan fingerprint density at radius 1 is 1.50 bits per heavy atom. The molecule has 1 atom stereocenters. The Labute approximate surface area is 107 Å². The molecule has 0 amide bonds. The summed E-state index contributed by atoms with van der Waals surface area (Å²) in [5, 5.41) is 14.1. The molecular weight excluding hydrogens is 232 g/mol. The van der Waals surface area contributed by atoms with E-state index in [0.717, 1.165) is 18.5 Å². The topological polar surface area (TPSA) is 64.4 Å². The zero-order valence-corrected chi connectivity index (χ0v) is 11.1. The molecule has 5 nitrogen and oxygen atoms in total. The molecule has 0 radical (unpaired) electrons. The number of aryl methyl sites for hydroxylation is 1. The summed E-state index contributed by atoms with van der Waals surface area (Å²) in [5.41, 5.74) is 1.58. The van der Waals surface area contributed by atoms with E-state index in [1.54, 1.807) is 26.2 Å². The van der Waals surface area contributed by atoms with Gasteiger partial charge in [0.25, 0.3) is 5.69 Å². The highest BCUT2D eigenvalue weighted by Crippen LogP contribution is 2.23. The van der Waals surface area contributed by atoms with Gasteiger partial charge in [-0.05, 0) is 19.4 Å². The lowest BCUT2D eigenvalue weighted by molar-refractivity contribution is -0.385. The largest absolute Gasteiger partial charge is 0.383 e. The molecule has 0 saturated carbocycles. The number of ether oxygens (including phenoxy) is 1. The zero-order valence-electron chi connectivity index (χ0n) is 11.1. The van der Waals surface area contributed by atoms with Gasteiger partial charge in [0.05, 0.1) is 11.5 Å². The molecular formula is C13H20N2O3. The molecule has 0 heterocycles. The number of methoxy groups -OCH3 is 1. The summed E-state index contributed by atoms with van der Waals surface area (Å²) in [6.45, 7) is 4.43. The summed E-state index contributed by atoms with van der Waals surface area (Å²) in [7, 11) is 1.65. The Balaban J connectivity index is 2.82. The summed E-state index contributed by atoms with van der Waals surface area (Å²) >= 11 is 0. The maximum absolute atomic E-state index is 10.9. The van der Waals surface area contributed by atoms with E-state index in [4.69, 9.17) is 4.74 Å². The third kappa shape index (κ3) is 4.00.